The minimum Gasteiger partial charge on any atom is -0.469 e. The first-order chi connectivity index (χ1) is 12.6. The van der Waals surface area contributed by atoms with E-state index < -0.39 is 10.0 Å². The summed E-state index contributed by atoms with van der Waals surface area (Å²) in [7, 11) is -3.25. The van der Waals surface area contributed by atoms with Gasteiger partial charge < -0.3 is 14.6 Å². The molecule has 7 nitrogen and oxygen atoms in total. The summed E-state index contributed by atoms with van der Waals surface area (Å²) in [6, 6.07) is 4.28. The first-order valence-corrected chi connectivity index (χ1v) is 11.2. The van der Waals surface area contributed by atoms with Gasteiger partial charge in [-0.15, -0.1) is 0 Å². The van der Waals surface area contributed by atoms with Gasteiger partial charge in [-0.1, -0.05) is 19.8 Å². The molecule has 1 aliphatic heterocycles. The van der Waals surface area contributed by atoms with E-state index in [0.717, 1.165) is 31.0 Å². The van der Waals surface area contributed by atoms with E-state index >= 15 is 0 Å². The second-order valence-corrected chi connectivity index (χ2v) is 9.11. The fourth-order valence-corrected chi connectivity index (χ4v) is 5.14. The van der Waals surface area contributed by atoms with E-state index in [9.17, 15) is 8.42 Å². The van der Waals surface area contributed by atoms with Crippen LogP contribution in [-0.2, 0) is 16.4 Å². The Hall–Kier alpha value is -1.54. The molecule has 1 atom stereocenters. The first kappa shape index (κ1) is 19.2. The Morgan fingerprint density at radius 1 is 1.35 bits per heavy atom. The summed E-state index contributed by atoms with van der Waals surface area (Å²) in [5.41, 5.74) is 0. The van der Waals surface area contributed by atoms with Crippen LogP contribution < -0.4 is 10.0 Å². The highest BCUT2D eigenvalue weighted by Gasteiger charge is 2.34. The number of nitrogens with zero attached hydrogens (tertiary/aromatic N) is 2. The van der Waals surface area contributed by atoms with Crippen molar-refractivity contribution in [1.29, 1.82) is 0 Å². The summed E-state index contributed by atoms with van der Waals surface area (Å²) in [6.45, 7) is 4.09. The van der Waals surface area contributed by atoms with Gasteiger partial charge in [0.1, 0.15) is 5.76 Å². The third-order valence-electron chi connectivity index (χ3n) is 5.12. The normalized spacial score (nSPS) is 22.3. The molecule has 1 aliphatic carbocycles. The minimum atomic E-state index is -3.25. The lowest BCUT2D eigenvalue weighted by Gasteiger charge is -2.25. The molecule has 1 saturated heterocycles. The summed E-state index contributed by atoms with van der Waals surface area (Å²) in [5, 5.41) is 3.20. The standard InChI is InChI=1S/C18H30N4O3S/c1-2-20-26(23,24)17-10-12-22(14-17)18(21-15-6-3-4-7-15)19-11-9-16-8-5-13-25-16/h5,8,13,15,17,20H,2-4,6-7,9-12,14H2,1H3,(H,19,21). The Morgan fingerprint density at radius 2 is 2.15 bits per heavy atom. The van der Waals surface area contributed by atoms with Gasteiger partial charge in [-0.3, -0.25) is 4.99 Å². The van der Waals surface area contributed by atoms with Crippen molar-refractivity contribution >= 4 is 16.0 Å². The maximum absolute atomic E-state index is 12.3. The molecule has 0 amide bonds. The van der Waals surface area contributed by atoms with Crippen molar-refractivity contribution < 1.29 is 12.8 Å². The number of sulfonamides is 1. The van der Waals surface area contributed by atoms with Crippen LogP contribution in [0, 0.1) is 0 Å². The number of rotatable bonds is 7. The Kier molecular flexibility index (Phi) is 6.58. The van der Waals surface area contributed by atoms with E-state index in [0.29, 0.717) is 38.6 Å². The summed E-state index contributed by atoms with van der Waals surface area (Å²) < 4.78 is 32.6. The van der Waals surface area contributed by atoms with Crippen LogP contribution in [0.5, 0.6) is 0 Å². The summed E-state index contributed by atoms with van der Waals surface area (Å²) in [4.78, 5) is 6.86. The van der Waals surface area contributed by atoms with Gasteiger partial charge in [-0.25, -0.2) is 13.1 Å². The first-order valence-electron chi connectivity index (χ1n) is 9.65. The van der Waals surface area contributed by atoms with Crippen LogP contribution in [0.3, 0.4) is 0 Å². The molecule has 146 valence electrons. The highest BCUT2D eigenvalue weighted by molar-refractivity contribution is 7.90. The van der Waals surface area contributed by atoms with Crippen molar-refractivity contribution in [3.8, 4) is 0 Å². The zero-order valence-electron chi connectivity index (χ0n) is 15.5. The molecule has 8 heteroatoms. The van der Waals surface area contributed by atoms with E-state index in [1.165, 1.54) is 12.8 Å². The van der Waals surface area contributed by atoms with Gasteiger partial charge in [-0.05, 0) is 31.4 Å². The zero-order valence-corrected chi connectivity index (χ0v) is 16.3. The van der Waals surface area contributed by atoms with Crippen LogP contribution in [0.1, 0.15) is 44.8 Å². The monoisotopic (exact) mass is 382 g/mol. The Morgan fingerprint density at radius 3 is 2.85 bits per heavy atom. The third-order valence-corrected chi connectivity index (χ3v) is 7.07. The van der Waals surface area contributed by atoms with E-state index in [1.807, 2.05) is 19.1 Å². The number of hydrogen-bond donors (Lipinski definition) is 2. The number of hydrogen-bond acceptors (Lipinski definition) is 4. The molecule has 2 aliphatic rings. The average Bonchev–Trinajstić information content (AvgIpc) is 3.36. The predicted octanol–water partition coefficient (Wildman–Crippen LogP) is 1.72. The molecule has 2 heterocycles. The summed E-state index contributed by atoms with van der Waals surface area (Å²) >= 11 is 0. The third kappa shape index (κ3) is 5.01. The lowest BCUT2D eigenvalue weighted by atomic mass is 10.2. The van der Waals surface area contributed by atoms with Gasteiger partial charge in [0.25, 0.3) is 0 Å². The topological polar surface area (TPSA) is 86.9 Å². The van der Waals surface area contributed by atoms with Gasteiger partial charge in [0.05, 0.1) is 11.5 Å². The summed E-state index contributed by atoms with van der Waals surface area (Å²) in [5.74, 6) is 1.76. The molecule has 0 aromatic carbocycles. The van der Waals surface area contributed by atoms with Crippen LogP contribution >= 0.6 is 0 Å². The fraction of sp³-hybridized carbons (Fsp3) is 0.722. The zero-order chi connectivity index (χ0) is 18.4. The van der Waals surface area contributed by atoms with E-state index in [1.54, 1.807) is 6.26 Å². The Balaban J connectivity index is 1.64. The number of guanidine groups is 1. The molecule has 1 saturated carbocycles. The number of likely N-dealkylation sites (tertiary alicyclic amines) is 1. The van der Waals surface area contributed by atoms with Crippen LogP contribution in [0.4, 0.5) is 0 Å². The fourth-order valence-electron chi connectivity index (χ4n) is 3.71. The Bertz CT molecular complexity index is 681. The van der Waals surface area contributed by atoms with Crippen LogP contribution in [-0.4, -0.2) is 56.7 Å². The van der Waals surface area contributed by atoms with Gasteiger partial charge in [0.2, 0.25) is 10.0 Å². The van der Waals surface area contributed by atoms with E-state index in [4.69, 9.17) is 9.41 Å². The van der Waals surface area contributed by atoms with Gasteiger partial charge in [-0.2, -0.15) is 0 Å². The van der Waals surface area contributed by atoms with Crippen LogP contribution in [0.25, 0.3) is 0 Å². The highest BCUT2D eigenvalue weighted by atomic mass is 32.2. The van der Waals surface area contributed by atoms with Crippen molar-refractivity contribution in [3.05, 3.63) is 24.2 Å². The molecule has 3 rings (SSSR count). The number of aliphatic imine (C=N–C) groups is 1. The molecule has 0 bridgehead atoms. The minimum absolute atomic E-state index is 0.372. The van der Waals surface area contributed by atoms with Crippen molar-refractivity contribution in [3.63, 3.8) is 0 Å². The predicted molar refractivity (Wildman–Crippen MR) is 103 cm³/mol. The number of nitrogens with one attached hydrogen (secondary N) is 2. The highest BCUT2D eigenvalue weighted by Crippen LogP contribution is 2.20. The maximum Gasteiger partial charge on any atom is 0.216 e. The molecule has 1 unspecified atom stereocenters. The second kappa shape index (κ2) is 8.90. The van der Waals surface area contributed by atoms with E-state index in [2.05, 4.69) is 14.9 Å². The van der Waals surface area contributed by atoms with Crippen LogP contribution in [0.2, 0.25) is 0 Å². The molecule has 1 aromatic heterocycles. The molecular weight excluding hydrogens is 352 g/mol. The summed E-state index contributed by atoms with van der Waals surface area (Å²) in [6.07, 6.45) is 7.86. The Labute approximate surface area is 156 Å². The molecule has 1 aromatic rings. The SMILES string of the molecule is CCNS(=O)(=O)C1CCN(C(=NCCc2ccco2)NC2CCCC2)C1. The smallest absolute Gasteiger partial charge is 0.216 e. The van der Waals surface area contributed by atoms with Gasteiger partial charge >= 0.3 is 0 Å². The van der Waals surface area contributed by atoms with Crippen molar-refractivity contribution in [2.75, 3.05) is 26.2 Å². The van der Waals surface area contributed by atoms with Crippen molar-refractivity contribution in [1.82, 2.24) is 14.9 Å². The molecule has 0 spiro atoms. The molecule has 2 N–H and O–H groups in total. The quantitative estimate of drug-likeness (QED) is 0.554. The lowest BCUT2D eigenvalue weighted by Crippen LogP contribution is -2.45. The largest absolute Gasteiger partial charge is 0.469 e. The van der Waals surface area contributed by atoms with Crippen LogP contribution in [0.15, 0.2) is 27.8 Å². The maximum atomic E-state index is 12.3. The van der Waals surface area contributed by atoms with E-state index in [-0.39, 0.29) is 5.25 Å². The molecular formula is C18H30N4O3S. The average molecular weight is 383 g/mol. The van der Waals surface area contributed by atoms with Gasteiger partial charge in [0, 0.05) is 38.6 Å². The molecule has 26 heavy (non-hydrogen) atoms. The molecule has 2 fully saturated rings. The number of furan rings is 1. The van der Waals surface area contributed by atoms with Crippen molar-refractivity contribution in [2.24, 2.45) is 4.99 Å². The lowest BCUT2D eigenvalue weighted by molar-refractivity contribution is 0.467. The van der Waals surface area contributed by atoms with Crippen molar-refractivity contribution in [2.45, 2.75) is 56.7 Å². The second-order valence-electron chi connectivity index (χ2n) is 7.06. The molecule has 0 radical (unpaired) electrons. The van der Waals surface area contributed by atoms with Gasteiger partial charge in [0.15, 0.2) is 5.96 Å².